The van der Waals surface area contributed by atoms with Gasteiger partial charge in [0, 0.05) is 40.0 Å². The number of benzene rings is 2. The minimum absolute atomic E-state index is 0.0348. The summed E-state index contributed by atoms with van der Waals surface area (Å²) in [5.41, 5.74) is -0.302. The molecule has 2 fully saturated rings. The van der Waals surface area contributed by atoms with Crippen LogP contribution in [0.2, 0.25) is 0 Å². The van der Waals surface area contributed by atoms with Crippen LogP contribution in [-0.2, 0) is 32.7 Å². The van der Waals surface area contributed by atoms with Gasteiger partial charge < -0.3 is 28.8 Å². The lowest BCUT2D eigenvalue weighted by Gasteiger charge is -2.41. The Morgan fingerprint density at radius 2 is 1.75 bits per heavy atom. The fourth-order valence-electron chi connectivity index (χ4n) is 6.42. The standard InChI is InChI=1S/C39H45BrF3N5O5/c1-22(32-51-37(5,6)38(7,8)52-32)13-16-29-46-27-15-14-24(30(41)31(27)48(29)21-25-26(40)11-9-12-28(25)50-34(42)43)23-19-44-33(45-20-23)39(17-10-18-39)47-35(49)53-36(2,3)4/h9,11-12,14-15,19-20,32,34H,1,10,13,16-18,21H2,2-8H3,(H,47,49). The molecule has 284 valence electrons. The Kier molecular flexibility index (Phi) is 10.5. The van der Waals surface area contributed by atoms with Gasteiger partial charge >= 0.3 is 12.7 Å². The van der Waals surface area contributed by atoms with Gasteiger partial charge in [-0.3, -0.25) is 0 Å². The molecule has 1 N–H and O–H groups in total. The van der Waals surface area contributed by atoms with Crippen molar-refractivity contribution in [3.63, 3.8) is 0 Å². The predicted molar refractivity (Wildman–Crippen MR) is 197 cm³/mol. The Morgan fingerprint density at radius 3 is 2.34 bits per heavy atom. The van der Waals surface area contributed by atoms with Gasteiger partial charge in [0.25, 0.3) is 0 Å². The third-order valence-electron chi connectivity index (χ3n) is 10.1. The van der Waals surface area contributed by atoms with Crippen LogP contribution >= 0.6 is 15.9 Å². The number of alkyl carbamates (subject to hydrolysis) is 1. The highest BCUT2D eigenvalue weighted by Gasteiger charge is 2.49. The molecule has 0 radical (unpaired) electrons. The minimum Gasteiger partial charge on any atom is -0.444 e. The van der Waals surface area contributed by atoms with Crippen molar-refractivity contribution in [2.24, 2.45) is 0 Å². The predicted octanol–water partition coefficient (Wildman–Crippen LogP) is 9.37. The molecule has 6 rings (SSSR count). The van der Waals surface area contributed by atoms with E-state index in [4.69, 9.17) is 23.9 Å². The van der Waals surface area contributed by atoms with E-state index in [1.807, 2.05) is 27.7 Å². The SMILES string of the molecule is C=C(CCc1nc2ccc(-c3cnc(C4(NC(=O)OC(C)(C)C)CCC4)nc3)c(F)c2n1Cc1c(Br)cccc1OC(F)F)C1OC(C)(C)C(C)(C)O1. The van der Waals surface area contributed by atoms with Crippen LogP contribution in [0.1, 0.15) is 91.4 Å². The van der Waals surface area contributed by atoms with Crippen LogP contribution in [0.15, 0.2) is 59.4 Å². The molecule has 0 unspecified atom stereocenters. The van der Waals surface area contributed by atoms with Gasteiger partial charge in [-0.05, 0) is 104 Å². The molecule has 14 heteroatoms. The van der Waals surface area contributed by atoms with E-state index in [2.05, 4.69) is 37.8 Å². The normalized spacial score (nSPS) is 17.9. The summed E-state index contributed by atoms with van der Waals surface area (Å²) < 4.78 is 68.8. The van der Waals surface area contributed by atoms with Gasteiger partial charge in [0.1, 0.15) is 28.2 Å². The van der Waals surface area contributed by atoms with Gasteiger partial charge in [0.15, 0.2) is 17.9 Å². The fourth-order valence-corrected chi connectivity index (χ4v) is 6.89. The topological polar surface area (TPSA) is 110 Å². The van der Waals surface area contributed by atoms with E-state index < -0.39 is 47.2 Å². The number of carbonyl (C=O) groups is 1. The van der Waals surface area contributed by atoms with E-state index in [1.54, 1.807) is 49.6 Å². The molecule has 1 aliphatic heterocycles. The van der Waals surface area contributed by atoms with Crippen molar-refractivity contribution in [3.8, 4) is 16.9 Å². The second-order valence-corrected chi connectivity index (χ2v) is 16.5. The van der Waals surface area contributed by atoms with Crippen LogP contribution in [0.5, 0.6) is 5.75 Å². The highest BCUT2D eigenvalue weighted by atomic mass is 79.9. The number of imidazole rings is 1. The molecule has 2 aliphatic rings. The zero-order chi connectivity index (χ0) is 38.5. The third-order valence-corrected chi connectivity index (χ3v) is 10.9. The molecule has 53 heavy (non-hydrogen) atoms. The summed E-state index contributed by atoms with van der Waals surface area (Å²) in [5.74, 6) is 0.277. The van der Waals surface area contributed by atoms with Gasteiger partial charge in [0.2, 0.25) is 0 Å². The van der Waals surface area contributed by atoms with Gasteiger partial charge in [-0.2, -0.15) is 8.78 Å². The lowest BCUT2D eigenvalue weighted by atomic mass is 9.76. The number of rotatable bonds is 11. The molecule has 3 heterocycles. The van der Waals surface area contributed by atoms with Gasteiger partial charge in [-0.25, -0.2) is 24.1 Å². The molecule has 0 spiro atoms. The lowest BCUT2D eigenvalue weighted by molar-refractivity contribution is -0.0605. The summed E-state index contributed by atoms with van der Waals surface area (Å²) in [6, 6.07) is 8.06. The average Bonchev–Trinajstić information content (AvgIpc) is 3.50. The molecule has 1 saturated heterocycles. The van der Waals surface area contributed by atoms with E-state index in [0.717, 1.165) is 6.42 Å². The molecule has 2 aromatic carbocycles. The first kappa shape index (κ1) is 38.7. The Bertz CT molecular complexity index is 2010. The monoisotopic (exact) mass is 799 g/mol. The number of hydrogen-bond acceptors (Lipinski definition) is 8. The van der Waals surface area contributed by atoms with E-state index in [-0.39, 0.29) is 23.4 Å². The van der Waals surface area contributed by atoms with E-state index in [1.165, 1.54) is 18.5 Å². The van der Waals surface area contributed by atoms with Crippen molar-refractivity contribution in [1.82, 2.24) is 24.8 Å². The smallest absolute Gasteiger partial charge is 0.408 e. The zero-order valence-corrected chi connectivity index (χ0v) is 32.6. The van der Waals surface area contributed by atoms with E-state index in [0.29, 0.717) is 64.0 Å². The number of amides is 1. The number of fused-ring (bicyclic) bond motifs is 1. The molecule has 4 aromatic rings. The molecule has 1 saturated carbocycles. The van der Waals surface area contributed by atoms with Crippen LogP contribution in [-0.4, -0.2) is 55.3 Å². The summed E-state index contributed by atoms with van der Waals surface area (Å²) in [4.78, 5) is 26.6. The van der Waals surface area contributed by atoms with Crippen LogP contribution < -0.4 is 10.1 Å². The van der Waals surface area contributed by atoms with Crippen molar-refractivity contribution >= 4 is 33.1 Å². The Hall–Kier alpha value is -4.01. The Balaban J connectivity index is 1.35. The summed E-state index contributed by atoms with van der Waals surface area (Å²) in [7, 11) is 0. The fraction of sp³-hybridized carbons (Fsp3) is 0.487. The number of nitrogens with zero attached hydrogens (tertiary/aromatic N) is 4. The first-order chi connectivity index (χ1) is 24.8. The second kappa shape index (κ2) is 14.3. The number of alkyl halides is 2. The van der Waals surface area contributed by atoms with Crippen LogP contribution in [0.25, 0.3) is 22.2 Å². The summed E-state index contributed by atoms with van der Waals surface area (Å²) in [6.45, 7) is 14.3. The number of nitrogens with one attached hydrogen (secondary N) is 1. The third kappa shape index (κ3) is 7.95. The number of halogens is 4. The van der Waals surface area contributed by atoms with Crippen molar-refractivity contribution in [1.29, 1.82) is 0 Å². The second-order valence-electron chi connectivity index (χ2n) is 15.6. The molecule has 10 nitrogen and oxygen atoms in total. The number of carbonyl (C=O) groups excluding carboxylic acids is 1. The molecule has 0 atom stereocenters. The Labute approximate surface area is 315 Å². The summed E-state index contributed by atoms with van der Waals surface area (Å²) in [5, 5.41) is 2.94. The van der Waals surface area contributed by atoms with Crippen molar-refractivity contribution < 1.29 is 36.9 Å². The largest absolute Gasteiger partial charge is 0.444 e. The first-order valence-corrected chi connectivity index (χ1v) is 18.4. The summed E-state index contributed by atoms with van der Waals surface area (Å²) >= 11 is 3.48. The molecule has 1 amide bonds. The summed E-state index contributed by atoms with van der Waals surface area (Å²) in [6.07, 6.45) is 4.75. The van der Waals surface area contributed by atoms with Crippen molar-refractivity contribution in [3.05, 3.63) is 82.4 Å². The average molecular weight is 801 g/mol. The quantitative estimate of drug-likeness (QED) is 0.150. The van der Waals surface area contributed by atoms with Gasteiger partial charge in [0.05, 0.1) is 23.3 Å². The van der Waals surface area contributed by atoms with E-state index in [9.17, 15) is 13.6 Å². The molecule has 2 aromatic heterocycles. The number of hydrogen-bond donors (Lipinski definition) is 1. The molecule has 1 aliphatic carbocycles. The highest BCUT2D eigenvalue weighted by molar-refractivity contribution is 9.10. The lowest BCUT2D eigenvalue weighted by Crippen LogP contribution is -2.53. The number of aryl methyl sites for hydroxylation is 1. The van der Waals surface area contributed by atoms with Gasteiger partial charge in [-0.1, -0.05) is 28.6 Å². The molecular formula is C39H45BrF3N5O5. The molecule has 0 bridgehead atoms. The maximum atomic E-state index is 16.9. The van der Waals surface area contributed by atoms with E-state index >= 15 is 4.39 Å². The number of ether oxygens (including phenoxy) is 4. The molecular weight excluding hydrogens is 755 g/mol. The zero-order valence-electron chi connectivity index (χ0n) is 31.0. The van der Waals surface area contributed by atoms with Crippen molar-refractivity contribution in [2.45, 2.75) is 122 Å². The maximum absolute atomic E-state index is 16.9. The van der Waals surface area contributed by atoms with Crippen molar-refractivity contribution in [2.75, 3.05) is 0 Å². The van der Waals surface area contributed by atoms with Crippen LogP contribution in [0.4, 0.5) is 18.0 Å². The van der Waals surface area contributed by atoms with Crippen LogP contribution in [0, 0.1) is 5.82 Å². The maximum Gasteiger partial charge on any atom is 0.408 e. The van der Waals surface area contributed by atoms with Gasteiger partial charge in [-0.15, -0.1) is 0 Å². The minimum atomic E-state index is -3.06. The first-order valence-electron chi connectivity index (χ1n) is 17.6. The highest BCUT2D eigenvalue weighted by Crippen LogP contribution is 2.42. The van der Waals surface area contributed by atoms with Crippen LogP contribution in [0.3, 0.4) is 0 Å². The Morgan fingerprint density at radius 1 is 1.09 bits per heavy atom. The number of aromatic nitrogens is 4.